The van der Waals surface area contributed by atoms with Crippen LogP contribution < -0.4 is 5.32 Å². The van der Waals surface area contributed by atoms with Crippen molar-refractivity contribution in [2.75, 3.05) is 19.5 Å². The third-order valence-corrected chi connectivity index (χ3v) is 2.40. The zero-order valence-corrected chi connectivity index (χ0v) is 11.0. The maximum absolute atomic E-state index is 11.7. The monoisotopic (exact) mass is 265 g/mol. The first kappa shape index (κ1) is 14.7. The van der Waals surface area contributed by atoms with E-state index in [0.717, 1.165) is 0 Å². The molecule has 0 unspecified atom stereocenters. The van der Waals surface area contributed by atoms with Crippen molar-refractivity contribution in [3.05, 3.63) is 29.3 Å². The number of anilines is 1. The number of hydrogen-bond acceptors (Lipinski definition) is 5. The molecule has 1 rings (SSSR count). The number of methoxy groups -OCH3 is 2. The van der Waals surface area contributed by atoms with Gasteiger partial charge < -0.3 is 14.8 Å². The molecule has 0 heterocycles. The highest BCUT2D eigenvalue weighted by atomic mass is 16.5. The van der Waals surface area contributed by atoms with Crippen molar-refractivity contribution in [3.8, 4) is 0 Å². The average molecular weight is 265 g/mol. The maximum atomic E-state index is 11.7. The normalized spacial score (nSPS) is 9.63. The van der Waals surface area contributed by atoms with Crippen LogP contribution in [0.25, 0.3) is 0 Å². The summed E-state index contributed by atoms with van der Waals surface area (Å²) in [6.45, 7) is 1.36. The second kappa shape index (κ2) is 6.53. The van der Waals surface area contributed by atoms with Gasteiger partial charge in [-0.3, -0.25) is 9.59 Å². The third kappa shape index (κ3) is 4.09. The first-order valence-corrected chi connectivity index (χ1v) is 5.53. The molecule has 0 aromatic heterocycles. The van der Waals surface area contributed by atoms with Crippen LogP contribution in [0.3, 0.4) is 0 Å². The van der Waals surface area contributed by atoms with Gasteiger partial charge in [0.2, 0.25) is 5.91 Å². The van der Waals surface area contributed by atoms with E-state index in [-0.39, 0.29) is 17.9 Å². The summed E-state index contributed by atoms with van der Waals surface area (Å²) in [5, 5.41) is 2.56. The largest absolute Gasteiger partial charge is 0.469 e. The fourth-order valence-electron chi connectivity index (χ4n) is 1.54. The maximum Gasteiger partial charge on any atom is 0.338 e. The second-order valence-corrected chi connectivity index (χ2v) is 3.80. The molecule has 0 radical (unpaired) electrons. The fraction of sp³-hybridized carbons (Fsp3) is 0.308. The van der Waals surface area contributed by atoms with Gasteiger partial charge in [0, 0.05) is 12.6 Å². The molecule has 1 aromatic carbocycles. The minimum atomic E-state index is -0.578. The van der Waals surface area contributed by atoms with Crippen LogP contribution in [0.2, 0.25) is 0 Å². The lowest BCUT2D eigenvalue weighted by Gasteiger charge is -2.10. The van der Waals surface area contributed by atoms with Gasteiger partial charge in [-0.1, -0.05) is 6.07 Å². The number of benzene rings is 1. The van der Waals surface area contributed by atoms with Gasteiger partial charge in [0.15, 0.2) is 0 Å². The van der Waals surface area contributed by atoms with Crippen molar-refractivity contribution < 1.29 is 23.9 Å². The first-order chi connectivity index (χ1) is 8.97. The molecule has 0 fully saturated rings. The summed E-state index contributed by atoms with van der Waals surface area (Å²) in [6.07, 6.45) is -0.0404. The zero-order chi connectivity index (χ0) is 14.4. The average Bonchev–Trinajstić information content (AvgIpc) is 2.38. The molecule has 0 saturated carbocycles. The van der Waals surface area contributed by atoms with E-state index in [2.05, 4.69) is 14.8 Å². The summed E-state index contributed by atoms with van der Waals surface area (Å²) in [6, 6.07) is 4.64. The Bertz CT molecular complexity index is 510. The Morgan fingerprint density at radius 1 is 1.16 bits per heavy atom. The lowest BCUT2D eigenvalue weighted by molar-refractivity contribution is -0.139. The number of amides is 1. The third-order valence-electron chi connectivity index (χ3n) is 2.40. The van der Waals surface area contributed by atoms with E-state index in [9.17, 15) is 14.4 Å². The van der Waals surface area contributed by atoms with E-state index in [0.29, 0.717) is 11.3 Å². The van der Waals surface area contributed by atoms with E-state index in [1.54, 1.807) is 12.1 Å². The van der Waals surface area contributed by atoms with Gasteiger partial charge in [-0.25, -0.2) is 4.79 Å². The van der Waals surface area contributed by atoms with Crippen molar-refractivity contribution in [1.29, 1.82) is 0 Å². The van der Waals surface area contributed by atoms with Crippen LogP contribution in [0.4, 0.5) is 5.69 Å². The van der Waals surface area contributed by atoms with Gasteiger partial charge in [-0.05, 0) is 17.7 Å². The van der Waals surface area contributed by atoms with E-state index in [1.807, 2.05) is 0 Å². The molecule has 6 heteroatoms. The molecule has 19 heavy (non-hydrogen) atoms. The molecular weight excluding hydrogens is 250 g/mol. The summed E-state index contributed by atoms with van der Waals surface area (Å²) in [5.74, 6) is -1.29. The minimum Gasteiger partial charge on any atom is -0.469 e. The predicted molar refractivity (Wildman–Crippen MR) is 67.8 cm³/mol. The Balaban J connectivity index is 3.12. The Morgan fingerprint density at radius 2 is 1.84 bits per heavy atom. The van der Waals surface area contributed by atoms with E-state index in [4.69, 9.17) is 0 Å². The molecule has 0 aliphatic rings. The van der Waals surface area contributed by atoms with E-state index in [1.165, 1.54) is 27.2 Å². The van der Waals surface area contributed by atoms with Crippen LogP contribution in [0.15, 0.2) is 18.2 Å². The quantitative estimate of drug-likeness (QED) is 0.826. The number of ether oxygens (including phenoxy) is 2. The molecule has 102 valence electrons. The number of carbonyl (C=O) groups is 3. The van der Waals surface area contributed by atoms with Crippen molar-refractivity contribution in [1.82, 2.24) is 0 Å². The Morgan fingerprint density at radius 3 is 2.37 bits per heavy atom. The van der Waals surface area contributed by atoms with Crippen LogP contribution in [-0.2, 0) is 25.5 Å². The van der Waals surface area contributed by atoms with Gasteiger partial charge >= 0.3 is 11.9 Å². The van der Waals surface area contributed by atoms with Crippen molar-refractivity contribution in [2.45, 2.75) is 13.3 Å². The van der Waals surface area contributed by atoms with Gasteiger partial charge in [0.25, 0.3) is 0 Å². The minimum absolute atomic E-state index is 0.0404. The van der Waals surface area contributed by atoms with Gasteiger partial charge in [-0.15, -0.1) is 0 Å². The molecule has 6 nitrogen and oxygen atoms in total. The molecule has 1 amide bonds. The summed E-state index contributed by atoms with van der Waals surface area (Å²) in [4.78, 5) is 33.9. The molecule has 0 aliphatic heterocycles. The highest BCUT2D eigenvalue weighted by Gasteiger charge is 2.16. The highest BCUT2D eigenvalue weighted by Crippen LogP contribution is 2.18. The van der Waals surface area contributed by atoms with Crippen molar-refractivity contribution in [3.63, 3.8) is 0 Å². The fourth-order valence-corrected chi connectivity index (χ4v) is 1.54. The summed E-state index contributed by atoms with van der Waals surface area (Å²) >= 11 is 0. The Labute approximate surface area is 110 Å². The SMILES string of the molecule is COC(=O)Cc1ccc(NC(C)=O)cc1C(=O)OC. The zero-order valence-electron chi connectivity index (χ0n) is 11.0. The highest BCUT2D eigenvalue weighted by molar-refractivity contribution is 5.95. The van der Waals surface area contributed by atoms with Crippen molar-refractivity contribution in [2.24, 2.45) is 0 Å². The molecule has 1 aromatic rings. The van der Waals surface area contributed by atoms with Crippen LogP contribution in [0, 0.1) is 0 Å². The number of nitrogens with one attached hydrogen (secondary N) is 1. The standard InChI is InChI=1S/C13H15NO5/c1-8(15)14-10-5-4-9(6-12(16)18-2)11(7-10)13(17)19-3/h4-5,7H,6H2,1-3H3,(H,14,15). The summed E-state index contributed by atoms with van der Waals surface area (Å²) in [7, 11) is 2.52. The number of esters is 2. The molecule has 0 spiro atoms. The molecule has 0 saturated heterocycles. The van der Waals surface area contributed by atoms with E-state index < -0.39 is 11.9 Å². The van der Waals surface area contributed by atoms with Gasteiger partial charge in [-0.2, -0.15) is 0 Å². The smallest absolute Gasteiger partial charge is 0.338 e. The van der Waals surface area contributed by atoms with Crippen LogP contribution >= 0.6 is 0 Å². The van der Waals surface area contributed by atoms with Crippen molar-refractivity contribution >= 4 is 23.5 Å². The van der Waals surface area contributed by atoms with Crippen LogP contribution in [-0.4, -0.2) is 32.1 Å². The second-order valence-electron chi connectivity index (χ2n) is 3.80. The van der Waals surface area contributed by atoms with E-state index >= 15 is 0 Å². The number of rotatable bonds is 4. The van der Waals surface area contributed by atoms with Crippen LogP contribution in [0.1, 0.15) is 22.8 Å². The lowest BCUT2D eigenvalue weighted by atomic mass is 10.0. The Kier molecular flexibility index (Phi) is 5.05. The Hall–Kier alpha value is -2.37. The molecule has 0 atom stereocenters. The van der Waals surface area contributed by atoms with Crippen LogP contribution in [0.5, 0.6) is 0 Å². The lowest BCUT2D eigenvalue weighted by Crippen LogP contribution is -2.13. The predicted octanol–water partition coefficient (Wildman–Crippen LogP) is 1.15. The molecule has 1 N–H and O–H groups in total. The number of carbonyl (C=O) groups excluding carboxylic acids is 3. The summed E-state index contributed by atoms with van der Waals surface area (Å²) in [5.41, 5.74) is 1.16. The molecule has 0 bridgehead atoms. The summed E-state index contributed by atoms with van der Waals surface area (Å²) < 4.78 is 9.20. The topological polar surface area (TPSA) is 81.7 Å². The first-order valence-electron chi connectivity index (χ1n) is 5.53. The molecular formula is C13H15NO5. The van der Waals surface area contributed by atoms with Gasteiger partial charge in [0.05, 0.1) is 26.2 Å². The number of hydrogen-bond donors (Lipinski definition) is 1. The molecule has 0 aliphatic carbocycles. The van der Waals surface area contributed by atoms with Gasteiger partial charge in [0.1, 0.15) is 0 Å².